The summed E-state index contributed by atoms with van der Waals surface area (Å²) in [7, 11) is 2.24. The van der Waals surface area contributed by atoms with E-state index in [-0.39, 0.29) is 0 Å². The van der Waals surface area contributed by atoms with Crippen molar-refractivity contribution in [2.45, 2.75) is 51.7 Å². The molecular weight excluding hydrogens is 226 g/mol. The quantitative estimate of drug-likeness (QED) is 0.741. The number of rotatable bonds is 7. The summed E-state index contributed by atoms with van der Waals surface area (Å²) in [6.45, 7) is 5.92. The van der Waals surface area contributed by atoms with E-state index in [9.17, 15) is 0 Å². The Labute approximate surface area is 110 Å². The van der Waals surface area contributed by atoms with Gasteiger partial charge in [0, 0.05) is 25.7 Å². The van der Waals surface area contributed by atoms with Gasteiger partial charge in [0.15, 0.2) is 0 Å². The molecule has 0 spiro atoms. The van der Waals surface area contributed by atoms with Gasteiger partial charge in [-0.25, -0.2) is 9.67 Å². The van der Waals surface area contributed by atoms with Crippen molar-refractivity contribution in [2.24, 2.45) is 0 Å². The van der Waals surface area contributed by atoms with E-state index in [4.69, 9.17) is 0 Å². The first kappa shape index (κ1) is 13.5. The molecule has 18 heavy (non-hydrogen) atoms. The second-order valence-corrected chi connectivity index (χ2v) is 5.09. The number of aromatic nitrogens is 3. The van der Waals surface area contributed by atoms with Crippen LogP contribution in [-0.4, -0.2) is 45.8 Å². The van der Waals surface area contributed by atoms with E-state index < -0.39 is 0 Å². The number of nitrogens with one attached hydrogen (secondary N) is 1. The third kappa shape index (κ3) is 3.53. The first-order valence-corrected chi connectivity index (χ1v) is 7.09. The number of hydrogen-bond acceptors (Lipinski definition) is 4. The molecule has 1 aromatic rings. The molecule has 1 N–H and O–H groups in total. The lowest BCUT2D eigenvalue weighted by molar-refractivity contribution is 0.245. The van der Waals surface area contributed by atoms with Crippen LogP contribution in [0.4, 0.5) is 0 Å². The second-order valence-electron chi connectivity index (χ2n) is 5.09. The van der Waals surface area contributed by atoms with Gasteiger partial charge in [-0.2, -0.15) is 5.10 Å². The molecule has 1 fully saturated rings. The van der Waals surface area contributed by atoms with Crippen LogP contribution in [0.1, 0.15) is 38.4 Å². The zero-order chi connectivity index (χ0) is 12.8. The molecule has 1 saturated carbocycles. The molecule has 1 aliphatic rings. The molecule has 0 aromatic carbocycles. The van der Waals surface area contributed by atoms with Gasteiger partial charge in [-0.1, -0.05) is 12.8 Å². The summed E-state index contributed by atoms with van der Waals surface area (Å²) >= 11 is 0. The highest BCUT2D eigenvalue weighted by Crippen LogP contribution is 2.21. The summed E-state index contributed by atoms with van der Waals surface area (Å²) in [5.41, 5.74) is 0. The molecule has 0 atom stereocenters. The van der Waals surface area contributed by atoms with Gasteiger partial charge in [0.2, 0.25) is 0 Å². The van der Waals surface area contributed by atoms with Gasteiger partial charge in [-0.15, -0.1) is 0 Å². The Morgan fingerprint density at radius 3 is 2.94 bits per heavy atom. The van der Waals surface area contributed by atoms with Crippen molar-refractivity contribution in [1.82, 2.24) is 25.0 Å². The third-order valence-corrected chi connectivity index (χ3v) is 3.87. The Kier molecular flexibility index (Phi) is 5.13. The Hall–Kier alpha value is -0.940. The molecule has 0 aliphatic heterocycles. The minimum atomic E-state index is 0.811. The van der Waals surface area contributed by atoms with Gasteiger partial charge in [-0.3, -0.25) is 0 Å². The highest BCUT2D eigenvalue weighted by atomic mass is 15.3. The lowest BCUT2D eigenvalue weighted by atomic mass is 10.2. The number of nitrogens with zero attached hydrogens (tertiary/aromatic N) is 4. The van der Waals surface area contributed by atoms with E-state index in [0.29, 0.717) is 0 Å². The molecule has 5 heteroatoms. The molecular formula is C13H25N5. The Bertz CT molecular complexity index is 343. The second kappa shape index (κ2) is 6.85. The summed E-state index contributed by atoms with van der Waals surface area (Å²) < 4.78 is 1.94. The summed E-state index contributed by atoms with van der Waals surface area (Å²) in [5, 5.41) is 7.62. The van der Waals surface area contributed by atoms with Crippen molar-refractivity contribution in [1.29, 1.82) is 0 Å². The van der Waals surface area contributed by atoms with Crippen LogP contribution >= 0.6 is 0 Å². The summed E-state index contributed by atoms with van der Waals surface area (Å²) in [6.07, 6.45) is 7.19. The molecule has 0 amide bonds. The van der Waals surface area contributed by atoms with Gasteiger partial charge >= 0.3 is 0 Å². The van der Waals surface area contributed by atoms with Crippen molar-refractivity contribution >= 4 is 0 Å². The summed E-state index contributed by atoms with van der Waals surface area (Å²) in [6, 6.07) is 0.811. The van der Waals surface area contributed by atoms with Crippen LogP contribution in [0.15, 0.2) is 6.33 Å². The Morgan fingerprint density at radius 1 is 1.44 bits per heavy atom. The minimum Gasteiger partial charge on any atom is -0.309 e. The number of hydrogen-bond donors (Lipinski definition) is 1. The molecule has 102 valence electrons. The molecule has 0 radical (unpaired) electrons. The van der Waals surface area contributed by atoms with E-state index >= 15 is 0 Å². The fourth-order valence-electron chi connectivity index (χ4n) is 2.67. The lowest BCUT2D eigenvalue weighted by Gasteiger charge is -2.23. The SMILES string of the molecule is CCn1ncnc1CNCCN(C)C1CCCC1. The Morgan fingerprint density at radius 2 is 2.22 bits per heavy atom. The Balaban J connectivity index is 1.63. The largest absolute Gasteiger partial charge is 0.309 e. The van der Waals surface area contributed by atoms with E-state index in [1.807, 2.05) is 4.68 Å². The zero-order valence-corrected chi connectivity index (χ0v) is 11.6. The highest BCUT2D eigenvalue weighted by molar-refractivity contribution is 4.83. The van der Waals surface area contributed by atoms with Crippen LogP contribution in [0.25, 0.3) is 0 Å². The maximum absolute atomic E-state index is 4.26. The molecule has 1 aromatic heterocycles. The third-order valence-electron chi connectivity index (χ3n) is 3.87. The molecule has 0 saturated heterocycles. The molecule has 0 unspecified atom stereocenters. The minimum absolute atomic E-state index is 0.811. The van der Waals surface area contributed by atoms with Crippen LogP contribution < -0.4 is 5.32 Å². The molecule has 2 rings (SSSR count). The summed E-state index contributed by atoms with van der Waals surface area (Å²) in [5.74, 6) is 1.03. The molecule has 0 bridgehead atoms. The van der Waals surface area contributed by atoms with E-state index in [1.165, 1.54) is 25.7 Å². The number of likely N-dealkylation sites (N-methyl/N-ethyl adjacent to an activating group) is 1. The zero-order valence-electron chi connectivity index (χ0n) is 11.6. The average Bonchev–Trinajstić information content (AvgIpc) is 3.04. The van der Waals surface area contributed by atoms with Crippen molar-refractivity contribution in [2.75, 3.05) is 20.1 Å². The van der Waals surface area contributed by atoms with Gasteiger partial charge in [-0.05, 0) is 26.8 Å². The van der Waals surface area contributed by atoms with Crippen molar-refractivity contribution in [3.63, 3.8) is 0 Å². The predicted molar refractivity (Wildman–Crippen MR) is 72.3 cm³/mol. The van der Waals surface area contributed by atoms with Gasteiger partial charge < -0.3 is 10.2 Å². The van der Waals surface area contributed by atoms with Crippen molar-refractivity contribution < 1.29 is 0 Å². The molecule has 5 nitrogen and oxygen atoms in total. The topological polar surface area (TPSA) is 46.0 Å². The van der Waals surface area contributed by atoms with Crippen LogP contribution in [0.3, 0.4) is 0 Å². The van der Waals surface area contributed by atoms with Gasteiger partial charge in [0.25, 0.3) is 0 Å². The fraction of sp³-hybridized carbons (Fsp3) is 0.846. The smallest absolute Gasteiger partial charge is 0.140 e. The normalized spacial score (nSPS) is 16.8. The summed E-state index contributed by atoms with van der Waals surface area (Å²) in [4.78, 5) is 6.75. The van der Waals surface area contributed by atoms with Crippen LogP contribution in [-0.2, 0) is 13.1 Å². The fourth-order valence-corrected chi connectivity index (χ4v) is 2.67. The highest BCUT2D eigenvalue weighted by Gasteiger charge is 2.18. The standard InChI is InChI=1S/C13H25N5/c1-3-18-13(15-11-16-18)10-14-8-9-17(2)12-6-4-5-7-12/h11-12,14H,3-10H2,1-2H3. The number of aryl methyl sites for hydroxylation is 1. The van der Waals surface area contributed by atoms with Gasteiger partial charge in [0.05, 0.1) is 6.54 Å². The van der Waals surface area contributed by atoms with Crippen LogP contribution in [0, 0.1) is 0 Å². The predicted octanol–water partition coefficient (Wildman–Crippen LogP) is 1.26. The first-order chi connectivity index (χ1) is 8.81. The van der Waals surface area contributed by atoms with Crippen molar-refractivity contribution in [3.05, 3.63) is 12.2 Å². The van der Waals surface area contributed by atoms with E-state index in [2.05, 4.69) is 34.3 Å². The van der Waals surface area contributed by atoms with Crippen LogP contribution in [0.5, 0.6) is 0 Å². The average molecular weight is 251 g/mol. The monoisotopic (exact) mass is 251 g/mol. The van der Waals surface area contributed by atoms with Gasteiger partial charge in [0.1, 0.15) is 12.2 Å². The molecule has 1 aliphatic carbocycles. The van der Waals surface area contributed by atoms with Crippen LogP contribution in [0.2, 0.25) is 0 Å². The molecule has 1 heterocycles. The first-order valence-electron chi connectivity index (χ1n) is 7.09. The van der Waals surface area contributed by atoms with E-state index in [0.717, 1.165) is 38.0 Å². The maximum atomic E-state index is 4.26. The van der Waals surface area contributed by atoms with Crippen molar-refractivity contribution in [3.8, 4) is 0 Å². The lowest BCUT2D eigenvalue weighted by Crippen LogP contribution is -2.35. The van der Waals surface area contributed by atoms with E-state index in [1.54, 1.807) is 6.33 Å². The maximum Gasteiger partial charge on any atom is 0.140 e.